The summed E-state index contributed by atoms with van der Waals surface area (Å²) in [5.41, 5.74) is 7.31. The maximum atomic E-state index is 5.93. The van der Waals surface area contributed by atoms with E-state index in [-0.39, 0.29) is 11.8 Å². The van der Waals surface area contributed by atoms with Crippen LogP contribution in [-0.2, 0) is 6.42 Å². The first-order valence-corrected chi connectivity index (χ1v) is 6.50. The van der Waals surface area contributed by atoms with Gasteiger partial charge in [0.25, 0.3) is 5.89 Å². The summed E-state index contributed by atoms with van der Waals surface area (Å²) in [5, 5.41) is 9.01. The van der Waals surface area contributed by atoms with Crippen molar-refractivity contribution in [3.8, 4) is 11.7 Å². The second kappa shape index (κ2) is 4.23. The van der Waals surface area contributed by atoms with Gasteiger partial charge >= 0.3 is 0 Å². The number of hydrogen-bond donors (Lipinski definition) is 1. The van der Waals surface area contributed by atoms with Crippen LogP contribution < -0.4 is 5.73 Å². The Morgan fingerprint density at radius 2 is 2.05 bits per heavy atom. The fraction of sp³-hybridized carbons (Fsp3) is 0.154. The number of rotatable bonds is 2. The van der Waals surface area contributed by atoms with Gasteiger partial charge in [-0.3, -0.25) is 0 Å². The molecular formula is C13H11N7O. The Labute approximate surface area is 118 Å². The lowest BCUT2D eigenvalue weighted by molar-refractivity contribution is 0.420. The minimum Gasteiger partial charge on any atom is -0.368 e. The summed E-state index contributed by atoms with van der Waals surface area (Å²) >= 11 is 0. The molecule has 0 aliphatic heterocycles. The van der Waals surface area contributed by atoms with Crippen LogP contribution in [0.3, 0.4) is 0 Å². The number of aromatic nitrogens is 6. The Hall–Kier alpha value is -3.03. The van der Waals surface area contributed by atoms with Gasteiger partial charge in [0.05, 0.1) is 5.52 Å². The number of para-hydroxylation sites is 1. The summed E-state index contributed by atoms with van der Waals surface area (Å²) in [5.74, 6) is 1.49. The highest BCUT2D eigenvalue weighted by molar-refractivity contribution is 5.92. The van der Waals surface area contributed by atoms with Crippen LogP contribution >= 0.6 is 0 Å². The summed E-state index contributed by atoms with van der Waals surface area (Å²) in [6, 6.07) is 7.60. The van der Waals surface area contributed by atoms with Crippen molar-refractivity contribution in [2.45, 2.75) is 13.3 Å². The highest BCUT2D eigenvalue weighted by Crippen LogP contribution is 2.22. The van der Waals surface area contributed by atoms with E-state index >= 15 is 0 Å². The average molecular weight is 281 g/mol. The van der Waals surface area contributed by atoms with Gasteiger partial charge in [0.1, 0.15) is 0 Å². The molecule has 0 radical (unpaired) electrons. The third-order valence-corrected chi connectivity index (χ3v) is 3.18. The van der Waals surface area contributed by atoms with E-state index in [4.69, 9.17) is 10.3 Å². The molecule has 0 amide bonds. The Bertz CT molecular complexity index is 956. The summed E-state index contributed by atoms with van der Waals surface area (Å²) in [4.78, 5) is 13.0. The number of benzene rings is 1. The first-order valence-electron chi connectivity index (χ1n) is 6.50. The van der Waals surface area contributed by atoms with Crippen molar-refractivity contribution in [2.75, 3.05) is 5.73 Å². The maximum absolute atomic E-state index is 5.93. The van der Waals surface area contributed by atoms with Gasteiger partial charge in [-0.05, 0) is 12.1 Å². The standard InChI is InChI=1S/C13H11N7O/c1-2-9-16-12(21-19-9)10-17-11-7-5-3-4-6-8(7)15-13(14)20(11)18-10/h3-6H,2H2,1H3,(H2,14,15). The molecule has 0 saturated carbocycles. The minimum absolute atomic E-state index is 0.262. The zero-order valence-electron chi connectivity index (χ0n) is 11.2. The molecule has 1 aromatic carbocycles. The van der Waals surface area contributed by atoms with E-state index < -0.39 is 0 Å². The van der Waals surface area contributed by atoms with Crippen LogP contribution in [0.5, 0.6) is 0 Å². The fourth-order valence-electron chi connectivity index (χ4n) is 2.16. The molecule has 4 aromatic rings. The van der Waals surface area contributed by atoms with Crippen LogP contribution in [0.4, 0.5) is 5.95 Å². The Balaban J connectivity index is 2.00. The molecule has 0 fully saturated rings. The van der Waals surface area contributed by atoms with E-state index in [9.17, 15) is 0 Å². The number of hydrogen-bond acceptors (Lipinski definition) is 7. The Kier molecular flexibility index (Phi) is 2.37. The molecule has 3 heterocycles. The van der Waals surface area contributed by atoms with E-state index in [1.807, 2.05) is 31.2 Å². The molecule has 0 aliphatic rings. The van der Waals surface area contributed by atoms with Crippen LogP contribution in [0, 0.1) is 0 Å². The second-order valence-electron chi connectivity index (χ2n) is 4.53. The first-order chi connectivity index (χ1) is 10.3. The molecule has 0 aliphatic carbocycles. The topological polar surface area (TPSA) is 108 Å². The van der Waals surface area contributed by atoms with E-state index in [2.05, 4.69) is 25.2 Å². The monoisotopic (exact) mass is 281 g/mol. The van der Waals surface area contributed by atoms with Crippen molar-refractivity contribution in [1.82, 2.24) is 29.7 Å². The predicted octanol–water partition coefficient (Wildman–Crippen LogP) is 1.47. The fourth-order valence-corrected chi connectivity index (χ4v) is 2.16. The summed E-state index contributed by atoms with van der Waals surface area (Å²) < 4.78 is 6.64. The van der Waals surface area contributed by atoms with Crippen LogP contribution in [-0.4, -0.2) is 29.7 Å². The highest BCUT2D eigenvalue weighted by Gasteiger charge is 2.17. The van der Waals surface area contributed by atoms with Gasteiger partial charge in [0, 0.05) is 11.8 Å². The van der Waals surface area contributed by atoms with Crippen molar-refractivity contribution in [1.29, 1.82) is 0 Å². The van der Waals surface area contributed by atoms with Crippen molar-refractivity contribution < 1.29 is 4.52 Å². The van der Waals surface area contributed by atoms with Crippen LogP contribution in [0.15, 0.2) is 28.8 Å². The smallest absolute Gasteiger partial charge is 0.297 e. The van der Waals surface area contributed by atoms with Gasteiger partial charge in [-0.2, -0.15) is 9.50 Å². The second-order valence-corrected chi connectivity index (χ2v) is 4.53. The molecule has 0 saturated heterocycles. The van der Waals surface area contributed by atoms with E-state index in [1.165, 1.54) is 4.52 Å². The van der Waals surface area contributed by atoms with Gasteiger partial charge in [-0.1, -0.05) is 24.2 Å². The first kappa shape index (κ1) is 11.8. The molecular weight excluding hydrogens is 270 g/mol. The largest absolute Gasteiger partial charge is 0.368 e. The molecule has 3 aromatic heterocycles. The lowest BCUT2D eigenvalue weighted by atomic mass is 10.2. The number of nitrogens with two attached hydrogens (primary N) is 1. The lowest BCUT2D eigenvalue weighted by Gasteiger charge is -2.00. The van der Waals surface area contributed by atoms with Crippen LogP contribution in [0.25, 0.3) is 28.3 Å². The van der Waals surface area contributed by atoms with Crippen LogP contribution in [0.2, 0.25) is 0 Å². The van der Waals surface area contributed by atoms with Gasteiger partial charge in [0.15, 0.2) is 11.5 Å². The highest BCUT2D eigenvalue weighted by atomic mass is 16.5. The van der Waals surface area contributed by atoms with Gasteiger partial charge < -0.3 is 10.3 Å². The number of anilines is 1. The van der Waals surface area contributed by atoms with Crippen molar-refractivity contribution in [2.24, 2.45) is 0 Å². The molecule has 0 unspecified atom stereocenters. The quantitative estimate of drug-likeness (QED) is 0.592. The van der Waals surface area contributed by atoms with E-state index in [1.54, 1.807) is 0 Å². The number of nitrogen functional groups attached to an aromatic ring is 1. The van der Waals surface area contributed by atoms with E-state index in [0.29, 0.717) is 23.7 Å². The lowest BCUT2D eigenvalue weighted by Crippen LogP contribution is -2.02. The molecule has 2 N–H and O–H groups in total. The number of nitrogens with zero attached hydrogens (tertiary/aromatic N) is 6. The normalized spacial score (nSPS) is 11.5. The Morgan fingerprint density at radius 3 is 2.86 bits per heavy atom. The summed E-state index contributed by atoms with van der Waals surface area (Å²) in [7, 11) is 0. The molecule has 21 heavy (non-hydrogen) atoms. The molecule has 0 bridgehead atoms. The molecule has 8 heteroatoms. The maximum Gasteiger partial charge on any atom is 0.297 e. The summed E-state index contributed by atoms with van der Waals surface area (Å²) in [6.45, 7) is 1.95. The average Bonchev–Trinajstić information content (AvgIpc) is 3.14. The molecule has 0 spiro atoms. The van der Waals surface area contributed by atoms with Gasteiger partial charge in [0.2, 0.25) is 11.8 Å². The zero-order chi connectivity index (χ0) is 14.4. The number of fused-ring (bicyclic) bond motifs is 3. The molecule has 8 nitrogen and oxygen atoms in total. The van der Waals surface area contributed by atoms with Gasteiger partial charge in [-0.25, -0.2) is 9.97 Å². The SMILES string of the molecule is CCc1noc(-c2nc3c4ccccc4nc(N)n3n2)n1. The Morgan fingerprint density at radius 1 is 1.19 bits per heavy atom. The molecule has 4 rings (SSSR count). The van der Waals surface area contributed by atoms with Crippen molar-refractivity contribution >= 4 is 22.5 Å². The third kappa shape index (κ3) is 1.72. The van der Waals surface area contributed by atoms with Gasteiger partial charge in [-0.15, -0.1) is 5.10 Å². The number of aryl methyl sites for hydroxylation is 1. The third-order valence-electron chi connectivity index (χ3n) is 3.18. The summed E-state index contributed by atoms with van der Waals surface area (Å²) in [6.07, 6.45) is 0.684. The van der Waals surface area contributed by atoms with Crippen LogP contribution in [0.1, 0.15) is 12.7 Å². The minimum atomic E-state index is 0.262. The van der Waals surface area contributed by atoms with Crippen molar-refractivity contribution in [3.05, 3.63) is 30.1 Å². The predicted molar refractivity (Wildman–Crippen MR) is 75.4 cm³/mol. The molecule has 0 atom stereocenters. The van der Waals surface area contributed by atoms with E-state index in [0.717, 1.165) is 10.9 Å². The zero-order valence-corrected chi connectivity index (χ0v) is 11.2. The molecule has 104 valence electrons. The van der Waals surface area contributed by atoms with Crippen molar-refractivity contribution in [3.63, 3.8) is 0 Å².